The second kappa shape index (κ2) is 4.04. The summed E-state index contributed by atoms with van der Waals surface area (Å²) in [5.74, 6) is 0.884. The fourth-order valence-corrected chi connectivity index (χ4v) is 1.34. The van der Waals surface area contributed by atoms with Crippen LogP contribution in [0.25, 0.3) is 0 Å². The first-order valence-corrected chi connectivity index (χ1v) is 4.82. The van der Waals surface area contributed by atoms with Gasteiger partial charge in [0, 0.05) is 31.5 Å². The first kappa shape index (κ1) is 9.58. The van der Waals surface area contributed by atoms with Gasteiger partial charge in [-0.3, -0.25) is 4.68 Å². The number of hydrogen-bond donors (Lipinski definition) is 2. The number of benzene rings is 1. The molecule has 0 radical (unpaired) electrons. The van der Waals surface area contributed by atoms with Crippen LogP contribution in [0.5, 0.6) is 0 Å². The van der Waals surface area contributed by atoms with E-state index in [1.807, 2.05) is 43.6 Å². The van der Waals surface area contributed by atoms with Crippen molar-refractivity contribution in [1.29, 1.82) is 0 Å². The molecule has 0 aliphatic rings. The highest BCUT2D eigenvalue weighted by Gasteiger charge is 1.96. The summed E-state index contributed by atoms with van der Waals surface area (Å²) in [6.45, 7) is 0.761. The third kappa shape index (κ3) is 2.49. The van der Waals surface area contributed by atoms with Crippen molar-refractivity contribution in [3.05, 3.63) is 42.1 Å². The number of nitrogens with zero attached hydrogens (tertiary/aromatic N) is 2. The number of anilines is 2. The number of aryl methyl sites for hydroxylation is 1. The Balaban J connectivity index is 1.96. The molecule has 3 N–H and O–H groups in total. The van der Waals surface area contributed by atoms with Gasteiger partial charge in [-0.05, 0) is 17.7 Å². The molecule has 15 heavy (non-hydrogen) atoms. The van der Waals surface area contributed by atoms with Gasteiger partial charge < -0.3 is 11.1 Å². The number of rotatable bonds is 3. The molecule has 2 aromatic rings. The maximum Gasteiger partial charge on any atom is 0.148 e. The molecule has 1 heterocycles. The summed E-state index contributed by atoms with van der Waals surface area (Å²) >= 11 is 0. The van der Waals surface area contributed by atoms with E-state index in [9.17, 15) is 0 Å². The molecule has 0 spiro atoms. The van der Waals surface area contributed by atoms with E-state index in [1.165, 1.54) is 5.56 Å². The molecule has 2 rings (SSSR count). The Morgan fingerprint density at radius 1 is 1.27 bits per heavy atom. The second-order valence-corrected chi connectivity index (χ2v) is 3.47. The summed E-state index contributed by atoms with van der Waals surface area (Å²) in [7, 11) is 1.90. The zero-order valence-corrected chi connectivity index (χ0v) is 8.64. The molecule has 0 atom stereocenters. The van der Waals surface area contributed by atoms with E-state index in [1.54, 1.807) is 4.68 Å². The molecular formula is C11H14N4. The lowest BCUT2D eigenvalue weighted by Gasteiger charge is -2.03. The van der Waals surface area contributed by atoms with Gasteiger partial charge >= 0.3 is 0 Å². The monoisotopic (exact) mass is 202 g/mol. The summed E-state index contributed by atoms with van der Waals surface area (Å²) in [6, 6.07) is 9.75. The van der Waals surface area contributed by atoms with Crippen molar-refractivity contribution in [2.45, 2.75) is 6.54 Å². The average Bonchev–Trinajstić information content (AvgIpc) is 2.64. The predicted octanol–water partition coefficient (Wildman–Crippen LogP) is 1.61. The molecule has 1 aromatic carbocycles. The fourth-order valence-electron chi connectivity index (χ4n) is 1.34. The minimum absolute atomic E-state index is 0.761. The quantitative estimate of drug-likeness (QED) is 0.743. The van der Waals surface area contributed by atoms with Gasteiger partial charge in [0.15, 0.2) is 0 Å². The van der Waals surface area contributed by atoms with Gasteiger partial charge in [0.25, 0.3) is 0 Å². The molecule has 0 saturated carbocycles. The first-order chi connectivity index (χ1) is 7.24. The number of nitrogens with one attached hydrogen (secondary N) is 1. The van der Waals surface area contributed by atoms with Gasteiger partial charge in [-0.1, -0.05) is 12.1 Å². The van der Waals surface area contributed by atoms with Crippen molar-refractivity contribution >= 4 is 11.5 Å². The molecule has 0 saturated heterocycles. The van der Waals surface area contributed by atoms with Crippen LogP contribution in [0.1, 0.15) is 5.56 Å². The summed E-state index contributed by atoms with van der Waals surface area (Å²) in [5.41, 5.74) is 7.58. The van der Waals surface area contributed by atoms with Gasteiger partial charge in [0.2, 0.25) is 0 Å². The van der Waals surface area contributed by atoms with E-state index < -0.39 is 0 Å². The van der Waals surface area contributed by atoms with Crippen LogP contribution in [0.15, 0.2) is 36.5 Å². The van der Waals surface area contributed by atoms with Crippen LogP contribution in [0.2, 0.25) is 0 Å². The van der Waals surface area contributed by atoms with Crippen molar-refractivity contribution in [3.8, 4) is 0 Å². The molecule has 0 aliphatic carbocycles. The van der Waals surface area contributed by atoms with E-state index >= 15 is 0 Å². The lowest BCUT2D eigenvalue weighted by Crippen LogP contribution is -2.00. The fraction of sp³-hybridized carbons (Fsp3) is 0.182. The zero-order valence-electron chi connectivity index (χ0n) is 8.64. The summed E-state index contributed by atoms with van der Waals surface area (Å²) < 4.78 is 1.77. The number of hydrogen-bond acceptors (Lipinski definition) is 3. The Morgan fingerprint density at radius 3 is 2.60 bits per heavy atom. The highest BCUT2D eigenvalue weighted by molar-refractivity contribution is 5.41. The van der Waals surface area contributed by atoms with Crippen molar-refractivity contribution in [2.75, 3.05) is 11.1 Å². The van der Waals surface area contributed by atoms with Gasteiger partial charge in [-0.15, -0.1) is 0 Å². The summed E-state index contributed by atoms with van der Waals surface area (Å²) in [6.07, 6.45) is 1.91. The van der Waals surface area contributed by atoms with E-state index in [4.69, 9.17) is 5.73 Å². The highest BCUT2D eigenvalue weighted by atomic mass is 15.3. The molecule has 0 fully saturated rings. The third-order valence-electron chi connectivity index (χ3n) is 2.17. The van der Waals surface area contributed by atoms with Crippen LogP contribution >= 0.6 is 0 Å². The van der Waals surface area contributed by atoms with Crippen LogP contribution in [-0.4, -0.2) is 9.78 Å². The Kier molecular flexibility index (Phi) is 2.58. The Bertz CT molecular complexity index is 430. The maximum absolute atomic E-state index is 5.60. The van der Waals surface area contributed by atoms with Crippen LogP contribution in [0.4, 0.5) is 11.5 Å². The van der Waals surface area contributed by atoms with Gasteiger partial charge in [0.05, 0.1) is 0 Å². The van der Waals surface area contributed by atoms with Crippen molar-refractivity contribution in [3.63, 3.8) is 0 Å². The number of nitrogens with two attached hydrogens (primary N) is 1. The van der Waals surface area contributed by atoms with E-state index in [-0.39, 0.29) is 0 Å². The number of nitrogen functional groups attached to an aromatic ring is 1. The minimum Gasteiger partial charge on any atom is -0.399 e. The molecule has 78 valence electrons. The predicted molar refractivity (Wildman–Crippen MR) is 61.4 cm³/mol. The maximum atomic E-state index is 5.60. The topological polar surface area (TPSA) is 55.9 Å². The van der Waals surface area contributed by atoms with Gasteiger partial charge in [-0.25, -0.2) is 0 Å². The van der Waals surface area contributed by atoms with E-state index in [0.717, 1.165) is 18.1 Å². The standard InChI is InChI=1S/C11H14N4/c1-15-7-6-11(14-15)13-8-9-2-4-10(12)5-3-9/h2-7H,8,12H2,1H3,(H,13,14). The van der Waals surface area contributed by atoms with Crippen molar-refractivity contribution in [2.24, 2.45) is 7.05 Å². The Hall–Kier alpha value is -1.97. The lowest BCUT2D eigenvalue weighted by atomic mass is 10.2. The third-order valence-corrected chi connectivity index (χ3v) is 2.17. The molecule has 0 bridgehead atoms. The van der Waals surface area contributed by atoms with Crippen molar-refractivity contribution < 1.29 is 0 Å². The summed E-state index contributed by atoms with van der Waals surface area (Å²) in [5, 5.41) is 7.45. The molecule has 4 heteroatoms. The smallest absolute Gasteiger partial charge is 0.148 e. The normalized spacial score (nSPS) is 10.2. The molecule has 4 nitrogen and oxygen atoms in total. The van der Waals surface area contributed by atoms with Crippen molar-refractivity contribution in [1.82, 2.24) is 9.78 Å². The SMILES string of the molecule is Cn1ccc(NCc2ccc(N)cc2)n1. The summed E-state index contributed by atoms with van der Waals surface area (Å²) in [4.78, 5) is 0. The largest absolute Gasteiger partial charge is 0.399 e. The van der Waals surface area contributed by atoms with Gasteiger partial charge in [-0.2, -0.15) is 5.10 Å². The van der Waals surface area contributed by atoms with E-state index in [0.29, 0.717) is 0 Å². The van der Waals surface area contributed by atoms with Crippen LogP contribution in [0, 0.1) is 0 Å². The molecule has 0 amide bonds. The first-order valence-electron chi connectivity index (χ1n) is 4.82. The molecule has 1 aromatic heterocycles. The zero-order chi connectivity index (χ0) is 10.7. The van der Waals surface area contributed by atoms with E-state index in [2.05, 4.69) is 10.4 Å². The van der Waals surface area contributed by atoms with Crippen LogP contribution < -0.4 is 11.1 Å². The second-order valence-electron chi connectivity index (χ2n) is 3.47. The molecular weight excluding hydrogens is 188 g/mol. The average molecular weight is 202 g/mol. The molecule has 0 unspecified atom stereocenters. The molecule has 0 aliphatic heterocycles. The highest BCUT2D eigenvalue weighted by Crippen LogP contribution is 2.08. The Labute approximate surface area is 88.7 Å². The lowest BCUT2D eigenvalue weighted by molar-refractivity contribution is 0.768. The van der Waals surface area contributed by atoms with Gasteiger partial charge in [0.1, 0.15) is 5.82 Å². The number of aromatic nitrogens is 2. The minimum atomic E-state index is 0.761. The van der Waals surface area contributed by atoms with Crippen LogP contribution in [-0.2, 0) is 13.6 Å². The Morgan fingerprint density at radius 2 is 2.00 bits per heavy atom. The van der Waals surface area contributed by atoms with Crippen LogP contribution in [0.3, 0.4) is 0 Å².